The van der Waals surface area contributed by atoms with Crippen LogP contribution in [0, 0.1) is 12.8 Å². The molecule has 2 atom stereocenters. The van der Waals surface area contributed by atoms with Crippen LogP contribution in [0.1, 0.15) is 24.2 Å². The minimum Gasteiger partial charge on any atom is -0.379 e. The Hall–Kier alpha value is -1.63. The van der Waals surface area contributed by atoms with E-state index in [0.717, 1.165) is 65.0 Å². The van der Waals surface area contributed by atoms with Crippen LogP contribution in [0.3, 0.4) is 0 Å². The monoisotopic (exact) mass is 374 g/mol. The van der Waals surface area contributed by atoms with Gasteiger partial charge in [0.25, 0.3) is 0 Å². The number of rotatable bonds is 5. The summed E-state index contributed by atoms with van der Waals surface area (Å²) in [5.41, 5.74) is 2.56. The summed E-state index contributed by atoms with van der Waals surface area (Å²) in [6, 6.07) is 8.49. The molecule has 6 nitrogen and oxygen atoms in total. The molecule has 2 unspecified atom stereocenters. The van der Waals surface area contributed by atoms with Crippen LogP contribution in [0.5, 0.6) is 0 Å². The first-order valence-electron chi connectivity index (χ1n) is 10.1. The average Bonchev–Trinajstić information content (AvgIpc) is 2.70. The van der Waals surface area contributed by atoms with Crippen LogP contribution in [0.15, 0.2) is 29.3 Å². The number of nitrogens with zero attached hydrogens (tertiary/aromatic N) is 3. The molecular weight excluding hydrogens is 340 g/mol. The SMILES string of the molecule is CN=C(NCC(C)CN1CCOCC1)N1CCOC(c2ccccc2C)C1. The zero-order chi connectivity index (χ0) is 19.1. The molecule has 2 saturated heterocycles. The predicted octanol–water partition coefficient (Wildman–Crippen LogP) is 1.91. The lowest BCUT2D eigenvalue weighted by Gasteiger charge is -2.36. The third-order valence-electron chi connectivity index (χ3n) is 5.40. The van der Waals surface area contributed by atoms with Crippen LogP contribution >= 0.6 is 0 Å². The van der Waals surface area contributed by atoms with E-state index in [-0.39, 0.29) is 6.10 Å². The molecule has 0 spiro atoms. The van der Waals surface area contributed by atoms with Gasteiger partial charge >= 0.3 is 0 Å². The molecule has 2 fully saturated rings. The molecule has 0 saturated carbocycles. The van der Waals surface area contributed by atoms with E-state index < -0.39 is 0 Å². The summed E-state index contributed by atoms with van der Waals surface area (Å²) in [5, 5.41) is 3.58. The molecule has 0 bridgehead atoms. The summed E-state index contributed by atoms with van der Waals surface area (Å²) in [6.45, 7) is 12.7. The Morgan fingerprint density at radius 3 is 2.74 bits per heavy atom. The van der Waals surface area contributed by atoms with Crippen molar-refractivity contribution in [1.29, 1.82) is 0 Å². The summed E-state index contributed by atoms with van der Waals surface area (Å²) in [6.07, 6.45) is 0.101. The number of benzene rings is 1. The van der Waals surface area contributed by atoms with Crippen molar-refractivity contribution in [3.05, 3.63) is 35.4 Å². The summed E-state index contributed by atoms with van der Waals surface area (Å²) < 4.78 is 11.5. The van der Waals surface area contributed by atoms with Crippen LogP contribution in [0.25, 0.3) is 0 Å². The minimum absolute atomic E-state index is 0.101. The lowest BCUT2D eigenvalue weighted by molar-refractivity contribution is -0.00842. The van der Waals surface area contributed by atoms with Gasteiger partial charge in [-0.15, -0.1) is 0 Å². The second kappa shape index (κ2) is 10.1. The molecule has 1 aromatic rings. The highest BCUT2D eigenvalue weighted by molar-refractivity contribution is 5.80. The van der Waals surface area contributed by atoms with Crippen LogP contribution in [0.2, 0.25) is 0 Å². The lowest BCUT2D eigenvalue weighted by Crippen LogP contribution is -2.49. The van der Waals surface area contributed by atoms with Crippen molar-refractivity contribution in [1.82, 2.24) is 15.1 Å². The Morgan fingerprint density at radius 1 is 1.22 bits per heavy atom. The van der Waals surface area contributed by atoms with Gasteiger partial charge in [0.15, 0.2) is 5.96 Å². The largest absolute Gasteiger partial charge is 0.379 e. The van der Waals surface area contributed by atoms with Crippen molar-refractivity contribution in [3.8, 4) is 0 Å². The molecule has 150 valence electrons. The molecule has 0 radical (unpaired) electrons. The molecule has 1 aromatic carbocycles. The molecule has 0 amide bonds. The fourth-order valence-electron chi connectivity index (χ4n) is 3.86. The molecule has 3 rings (SSSR count). The number of hydrogen-bond donors (Lipinski definition) is 1. The van der Waals surface area contributed by atoms with Crippen molar-refractivity contribution in [2.45, 2.75) is 20.0 Å². The Morgan fingerprint density at radius 2 is 2.00 bits per heavy atom. The van der Waals surface area contributed by atoms with E-state index in [1.54, 1.807) is 0 Å². The molecule has 2 aliphatic heterocycles. The van der Waals surface area contributed by atoms with Crippen LogP contribution in [-0.4, -0.2) is 81.9 Å². The number of guanidine groups is 1. The third kappa shape index (κ3) is 5.67. The average molecular weight is 375 g/mol. The maximum Gasteiger partial charge on any atom is 0.193 e. The highest BCUT2D eigenvalue weighted by atomic mass is 16.5. The van der Waals surface area contributed by atoms with Crippen molar-refractivity contribution >= 4 is 5.96 Å². The molecule has 0 aromatic heterocycles. The van der Waals surface area contributed by atoms with Gasteiger partial charge in [-0.3, -0.25) is 9.89 Å². The van der Waals surface area contributed by atoms with Gasteiger partial charge in [0.1, 0.15) is 6.10 Å². The summed E-state index contributed by atoms with van der Waals surface area (Å²) in [7, 11) is 1.87. The molecule has 2 heterocycles. The second-order valence-electron chi connectivity index (χ2n) is 7.61. The smallest absolute Gasteiger partial charge is 0.193 e. The van der Waals surface area contributed by atoms with Gasteiger partial charge in [0, 0.05) is 39.8 Å². The first kappa shape index (κ1) is 20.1. The molecular formula is C21H34N4O2. The van der Waals surface area contributed by atoms with Gasteiger partial charge < -0.3 is 19.7 Å². The zero-order valence-electron chi connectivity index (χ0n) is 17.0. The quantitative estimate of drug-likeness (QED) is 0.630. The van der Waals surface area contributed by atoms with E-state index in [2.05, 4.69) is 58.2 Å². The summed E-state index contributed by atoms with van der Waals surface area (Å²) in [4.78, 5) is 9.33. The van der Waals surface area contributed by atoms with Gasteiger partial charge in [-0.05, 0) is 24.0 Å². The Labute approximate surface area is 163 Å². The van der Waals surface area contributed by atoms with Crippen LogP contribution < -0.4 is 5.32 Å². The topological polar surface area (TPSA) is 49.3 Å². The molecule has 2 aliphatic rings. The van der Waals surface area contributed by atoms with Gasteiger partial charge in [-0.25, -0.2) is 0 Å². The normalized spacial score (nSPS) is 23.3. The maximum absolute atomic E-state index is 6.05. The Balaban J connectivity index is 1.51. The lowest BCUT2D eigenvalue weighted by atomic mass is 10.0. The van der Waals surface area contributed by atoms with Crippen molar-refractivity contribution in [3.63, 3.8) is 0 Å². The minimum atomic E-state index is 0.101. The van der Waals surface area contributed by atoms with Gasteiger partial charge in [-0.2, -0.15) is 0 Å². The van der Waals surface area contributed by atoms with Crippen molar-refractivity contribution in [2.75, 3.05) is 66.1 Å². The van der Waals surface area contributed by atoms with Crippen molar-refractivity contribution in [2.24, 2.45) is 10.9 Å². The first-order chi connectivity index (χ1) is 13.2. The Bertz CT molecular complexity index is 616. The van der Waals surface area contributed by atoms with Crippen LogP contribution in [-0.2, 0) is 9.47 Å². The van der Waals surface area contributed by atoms with Gasteiger partial charge in [-0.1, -0.05) is 31.2 Å². The number of nitrogens with one attached hydrogen (secondary N) is 1. The fraction of sp³-hybridized carbons (Fsp3) is 0.667. The standard InChI is InChI=1S/C21H34N4O2/c1-17(15-24-8-11-26-12-9-24)14-23-21(22-3)25-10-13-27-20(16-25)19-7-5-4-6-18(19)2/h4-7,17,20H,8-16H2,1-3H3,(H,22,23). The number of aryl methyl sites for hydroxylation is 1. The highest BCUT2D eigenvalue weighted by Crippen LogP contribution is 2.24. The molecule has 0 aliphatic carbocycles. The number of ether oxygens (including phenoxy) is 2. The Kier molecular flexibility index (Phi) is 7.50. The fourth-order valence-corrected chi connectivity index (χ4v) is 3.86. The molecule has 1 N–H and O–H groups in total. The van der Waals surface area contributed by atoms with Crippen molar-refractivity contribution < 1.29 is 9.47 Å². The predicted molar refractivity (Wildman–Crippen MR) is 109 cm³/mol. The van der Waals surface area contributed by atoms with E-state index in [4.69, 9.17) is 9.47 Å². The number of morpholine rings is 2. The highest BCUT2D eigenvalue weighted by Gasteiger charge is 2.25. The third-order valence-corrected chi connectivity index (χ3v) is 5.40. The van der Waals surface area contributed by atoms with Gasteiger partial charge in [0.2, 0.25) is 0 Å². The number of aliphatic imine (C=N–C) groups is 1. The second-order valence-corrected chi connectivity index (χ2v) is 7.61. The zero-order valence-corrected chi connectivity index (χ0v) is 17.0. The first-order valence-corrected chi connectivity index (χ1v) is 10.1. The summed E-state index contributed by atoms with van der Waals surface area (Å²) >= 11 is 0. The van der Waals surface area contributed by atoms with E-state index >= 15 is 0 Å². The van der Waals surface area contributed by atoms with E-state index in [0.29, 0.717) is 5.92 Å². The van der Waals surface area contributed by atoms with E-state index in [1.165, 1.54) is 11.1 Å². The van der Waals surface area contributed by atoms with E-state index in [9.17, 15) is 0 Å². The maximum atomic E-state index is 6.05. The summed E-state index contributed by atoms with van der Waals surface area (Å²) in [5.74, 6) is 1.54. The van der Waals surface area contributed by atoms with Gasteiger partial charge in [0.05, 0.1) is 26.4 Å². The molecule has 27 heavy (non-hydrogen) atoms. The molecule has 6 heteroatoms. The van der Waals surface area contributed by atoms with Crippen LogP contribution in [0.4, 0.5) is 0 Å². The van der Waals surface area contributed by atoms with E-state index in [1.807, 2.05) is 7.05 Å². The number of hydrogen-bond acceptors (Lipinski definition) is 4.